The van der Waals surface area contributed by atoms with E-state index in [1.165, 1.54) is 34.6 Å². The summed E-state index contributed by atoms with van der Waals surface area (Å²) in [6.45, 7) is 4.18. The molecule has 2 aromatic carbocycles. The third-order valence-corrected chi connectivity index (χ3v) is 5.35. The SMILES string of the molecule is Cc1ccc(-c2csc3nc(Cl)nc(Nc4cccc(F)c4)c23)cc1C. The van der Waals surface area contributed by atoms with Crippen LogP contribution < -0.4 is 5.32 Å². The fourth-order valence-electron chi connectivity index (χ4n) is 2.83. The highest BCUT2D eigenvalue weighted by atomic mass is 35.5. The number of rotatable bonds is 3. The molecule has 26 heavy (non-hydrogen) atoms. The lowest BCUT2D eigenvalue weighted by Gasteiger charge is -2.10. The Hall–Kier alpha value is -2.50. The van der Waals surface area contributed by atoms with Crippen LogP contribution in [0.4, 0.5) is 15.9 Å². The van der Waals surface area contributed by atoms with Gasteiger partial charge in [-0.05, 0) is 60.3 Å². The van der Waals surface area contributed by atoms with Gasteiger partial charge in [-0.15, -0.1) is 11.3 Å². The first kappa shape index (κ1) is 16.9. The summed E-state index contributed by atoms with van der Waals surface area (Å²) in [5.41, 5.74) is 5.19. The molecule has 0 saturated heterocycles. The van der Waals surface area contributed by atoms with Gasteiger partial charge in [-0.2, -0.15) is 4.98 Å². The quantitative estimate of drug-likeness (QED) is 0.410. The van der Waals surface area contributed by atoms with Crippen molar-refractivity contribution >= 4 is 44.7 Å². The van der Waals surface area contributed by atoms with Gasteiger partial charge in [0.15, 0.2) is 0 Å². The van der Waals surface area contributed by atoms with Crippen LogP contribution in [0.1, 0.15) is 11.1 Å². The summed E-state index contributed by atoms with van der Waals surface area (Å²) in [5.74, 6) is 0.256. The minimum Gasteiger partial charge on any atom is -0.339 e. The molecule has 4 rings (SSSR count). The zero-order valence-corrected chi connectivity index (χ0v) is 15.7. The molecule has 0 saturated carbocycles. The Bertz CT molecular complexity index is 1120. The summed E-state index contributed by atoms with van der Waals surface area (Å²) in [6.07, 6.45) is 0. The van der Waals surface area contributed by atoms with Gasteiger partial charge >= 0.3 is 0 Å². The van der Waals surface area contributed by atoms with Crippen LogP contribution in [0.5, 0.6) is 0 Å². The van der Waals surface area contributed by atoms with Crippen LogP contribution in [0.2, 0.25) is 5.28 Å². The fraction of sp³-hybridized carbons (Fsp3) is 0.100. The second-order valence-corrected chi connectivity index (χ2v) is 7.30. The van der Waals surface area contributed by atoms with Gasteiger partial charge in [0.25, 0.3) is 0 Å². The third kappa shape index (κ3) is 3.16. The Kier molecular flexibility index (Phi) is 4.34. The average molecular weight is 384 g/mol. The van der Waals surface area contributed by atoms with Crippen LogP contribution in [-0.2, 0) is 0 Å². The van der Waals surface area contributed by atoms with Gasteiger partial charge in [-0.1, -0.05) is 24.3 Å². The summed E-state index contributed by atoms with van der Waals surface area (Å²) < 4.78 is 13.5. The van der Waals surface area contributed by atoms with Gasteiger partial charge in [0.2, 0.25) is 5.28 Å². The van der Waals surface area contributed by atoms with Crippen LogP contribution in [0.3, 0.4) is 0 Å². The summed E-state index contributed by atoms with van der Waals surface area (Å²) in [5, 5.41) is 6.27. The number of thiophene rings is 1. The van der Waals surface area contributed by atoms with Crippen LogP contribution >= 0.6 is 22.9 Å². The Morgan fingerprint density at radius 1 is 1.04 bits per heavy atom. The van der Waals surface area contributed by atoms with Crippen LogP contribution in [0.25, 0.3) is 21.3 Å². The summed E-state index contributed by atoms with van der Waals surface area (Å²) in [7, 11) is 0. The number of aryl methyl sites for hydroxylation is 2. The van der Waals surface area contributed by atoms with Crippen molar-refractivity contribution in [3.8, 4) is 11.1 Å². The van der Waals surface area contributed by atoms with E-state index in [1.54, 1.807) is 12.1 Å². The zero-order valence-electron chi connectivity index (χ0n) is 14.2. The Morgan fingerprint density at radius 3 is 2.65 bits per heavy atom. The van der Waals surface area contributed by atoms with Crippen molar-refractivity contribution in [3.63, 3.8) is 0 Å². The molecular formula is C20H15ClFN3S. The van der Waals surface area contributed by atoms with E-state index in [0.717, 1.165) is 21.3 Å². The standard InChI is InChI=1S/C20H15ClFN3S/c1-11-6-7-13(8-12(11)2)16-10-26-19-17(16)18(24-20(21)25-19)23-15-5-3-4-14(22)9-15/h3-10H,1-2H3,(H,23,24,25). The number of hydrogen-bond donors (Lipinski definition) is 1. The normalized spacial score (nSPS) is 11.1. The van der Waals surface area contributed by atoms with E-state index in [9.17, 15) is 4.39 Å². The van der Waals surface area contributed by atoms with Gasteiger partial charge in [0.1, 0.15) is 16.5 Å². The number of nitrogens with zero attached hydrogens (tertiary/aromatic N) is 2. The summed E-state index contributed by atoms with van der Waals surface area (Å²) in [4.78, 5) is 9.48. The molecule has 0 aliphatic carbocycles. The molecule has 130 valence electrons. The van der Waals surface area contributed by atoms with Gasteiger partial charge in [-0.3, -0.25) is 0 Å². The first-order valence-electron chi connectivity index (χ1n) is 8.06. The minimum atomic E-state index is -0.314. The van der Waals surface area contributed by atoms with Crippen LogP contribution in [-0.4, -0.2) is 9.97 Å². The molecule has 0 aliphatic heterocycles. The largest absolute Gasteiger partial charge is 0.339 e. The highest BCUT2D eigenvalue weighted by Gasteiger charge is 2.15. The molecule has 6 heteroatoms. The van der Waals surface area contributed by atoms with Crippen molar-refractivity contribution in [1.82, 2.24) is 9.97 Å². The number of fused-ring (bicyclic) bond motifs is 1. The van der Waals surface area contributed by atoms with E-state index in [2.05, 4.69) is 52.7 Å². The number of benzene rings is 2. The summed E-state index contributed by atoms with van der Waals surface area (Å²) in [6, 6.07) is 12.6. The molecule has 2 aromatic heterocycles. The van der Waals surface area contributed by atoms with Crippen molar-refractivity contribution in [2.75, 3.05) is 5.32 Å². The Labute approximate surface area is 159 Å². The van der Waals surface area contributed by atoms with Crippen molar-refractivity contribution in [2.45, 2.75) is 13.8 Å². The second-order valence-electron chi connectivity index (χ2n) is 6.11. The summed E-state index contributed by atoms with van der Waals surface area (Å²) >= 11 is 7.60. The maximum absolute atomic E-state index is 13.5. The van der Waals surface area contributed by atoms with Gasteiger partial charge in [-0.25, -0.2) is 9.37 Å². The molecule has 0 fully saturated rings. The molecule has 3 nitrogen and oxygen atoms in total. The molecule has 0 amide bonds. The Balaban J connectivity index is 1.89. The smallest absolute Gasteiger partial charge is 0.225 e. The molecule has 0 spiro atoms. The zero-order chi connectivity index (χ0) is 18.3. The molecule has 0 radical (unpaired) electrons. The van der Waals surface area contributed by atoms with Gasteiger partial charge in [0, 0.05) is 16.6 Å². The maximum Gasteiger partial charge on any atom is 0.225 e. The number of halogens is 2. The lowest BCUT2D eigenvalue weighted by atomic mass is 10.0. The van der Waals surface area contributed by atoms with Gasteiger partial charge < -0.3 is 5.32 Å². The predicted molar refractivity (Wildman–Crippen MR) is 107 cm³/mol. The fourth-order valence-corrected chi connectivity index (χ4v) is 4.00. The van der Waals surface area contributed by atoms with E-state index in [1.807, 2.05) is 0 Å². The Morgan fingerprint density at radius 2 is 1.88 bits per heavy atom. The molecule has 2 heterocycles. The van der Waals surface area contributed by atoms with Crippen molar-refractivity contribution in [1.29, 1.82) is 0 Å². The number of aromatic nitrogens is 2. The molecule has 0 unspecified atom stereocenters. The van der Waals surface area contributed by atoms with E-state index in [0.29, 0.717) is 11.5 Å². The topological polar surface area (TPSA) is 37.8 Å². The van der Waals surface area contributed by atoms with E-state index in [-0.39, 0.29) is 11.1 Å². The molecular weight excluding hydrogens is 369 g/mol. The molecule has 0 atom stereocenters. The van der Waals surface area contributed by atoms with E-state index >= 15 is 0 Å². The minimum absolute atomic E-state index is 0.157. The lowest BCUT2D eigenvalue weighted by Crippen LogP contribution is -1.97. The van der Waals surface area contributed by atoms with Crippen LogP contribution in [0.15, 0.2) is 47.8 Å². The maximum atomic E-state index is 13.5. The molecule has 0 aliphatic rings. The van der Waals surface area contributed by atoms with Crippen molar-refractivity contribution < 1.29 is 4.39 Å². The average Bonchev–Trinajstić information content (AvgIpc) is 3.01. The highest BCUT2D eigenvalue weighted by molar-refractivity contribution is 7.17. The number of nitrogens with one attached hydrogen (secondary N) is 1. The number of hydrogen-bond acceptors (Lipinski definition) is 4. The predicted octanol–water partition coefficient (Wildman–Crippen LogP) is 6.51. The van der Waals surface area contributed by atoms with Crippen molar-refractivity contribution in [2.24, 2.45) is 0 Å². The molecule has 1 N–H and O–H groups in total. The highest BCUT2D eigenvalue weighted by Crippen LogP contribution is 2.39. The van der Waals surface area contributed by atoms with E-state index < -0.39 is 0 Å². The first-order chi connectivity index (χ1) is 12.5. The molecule has 4 aromatic rings. The molecule has 0 bridgehead atoms. The monoisotopic (exact) mass is 383 g/mol. The first-order valence-corrected chi connectivity index (χ1v) is 9.32. The van der Waals surface area contributed by atoms with Gasteiger partial charge in [0.05, 0.1) is 5.39 Å². The van der Waals surface area contributed by atoms with Crippen molar-refractivity contribution in [3.05, 3.63) is 70.1 Å². The van der Waals surface area contributed by atoms with Crippen LogP contribution in [0, 0.1) is 19.7 Å². The third-order valence-electron chi connectivity index (χ3n) is 4.31. The second kappa shape index (κ2) is 6.67. The lowest BCUT2D eigenvalue weighted by molar-refractivity contribution is 0.628. The number of anilines is 2. The van der Waals surface area contributed by atoms with E-state index in [4.69, 9.17) is 11.6 Å².